The molecule has 0 saturated carbocycles. The van der Waals surface area contributed by atoms with Crippen molar-refractivity contribution in [1.82, 2.24) is 15.2 Å². The van der Waals surface area contributed by atoms with Gasteiger partial charge in [-0.3, -0.25) is 15.2 Å². The first-order valence-electron chi connectivity index (χ1n) is 6.25. The van der Waals surface area contributed by atoms with E-state index in [1.807, 2.05) is 13.8 Å². The van der Waals surface area contributed by atoms with Crippen molar-refractivity contribution in [3.8, 4) is 5.75 Å². The lowest BCUT2D eigenvalue weighted by Crippen LogP contribution is -2.21. The molecular formula is C13H14F2N4O2. The number of hydrogen-bond acceptors (Lipinski definition) is 4. The summed E-state index contributed by atoms with van der Waals surface area (Å²) in [6, 6.07) is 3.02. The number of amides is 1. The number of aromatic amines is 1. The zero-order chi connectivity index (χ0) is 15.4. The molecule has 0 unspecified atom stereocenters. The molecule has 1 aromatic heterocycles. The highest BCUT2D eigenvalue weighted by Crippen LogP contribution is 2.15. The van der Waals surface area contributed by atoms with Crippen LogP contribution in [0.4, 0.5) is 14.7 Å². The van der Waals surface area contributed by atoms with Crippen LogP contribution in [-0.2, 0) is 4.79 Å². The first-order valence-corrected chi connectivity index (χ1v) is 6.25. The molecule has 1 amide bonds. The molecule has 0 aliphatic heterocycles. The summed E-state index contributed by atoms with van der Waals surface area (Å²) in [4.78, 5) is 15.7. The Morgan fingerprint density at radius 1 is 1.38 bits per heavy atom. The van der Waals surface area contributed by atoms with Crippen molar-refractivity contribution in [2.24, 2.45) is 0 Å². The van der Waals surface area contributed by atoms with Gasteiger partial charge in [-0.2, -0.15) is 4.98 Å². The normalized spacial score (nSPS) is 10.7. The van der Waals surface area contributed by atoms with E-state index in [0.29, 0.717) is 5.82 Å². The zero-order valence-corrected chi connectivity index (χ0v) is 11.5. The van der Waals surface area contributed by atoms with Crippen LogP contribution in [-0.4, -0.2) is 27.7 Å². The van der Waals surface area contributed by atoms with E-state index in [-0.39, 0.29) is 24.2 Å². The van der Waals surface area contributed by atoms with Crippen LogP contribution >= 0.6 is 0 Å². The van der Waals surface area contributed by atoms with Crippen LogP contribution in [0, 0.1) is 11.6 Å². The van der Waals surface area contributed by atoms with Crippen molar-refractivity contribution in [2.75, 3.05) is 11.9 Å². The van der Waals surface area contributed by atoms with E-state index in [9.17, 15) is 13.6 Å². The first-order chi connectivity index (χ1) is 9.95. The number of benzene rings is 1. The van der Waals surface area contributed by atoms with Gasteiger partial charge in [-0.05, 0) is 12.1 Å². The number of nitrogens with zero attached hydrogens (tertiary/aromatic N) is 2. The average Bonchev–Trinajstić information content (AvgIpc) is 2.89. The van der Waals surface area contributed by atoms with Crippen molar-refractivity contribution < 1.29 is 18.3 Å². The summed E-state index contributed by atoms with van der Waals surface area (Å²) in [5, 5.41) is 8.94. The van der Waals surface area contributed by atoms with Crippen LogP contribution in [0.25, 0.3) is 0 Å². The van der Waals surface area contributed by atoms with Crippen LogP contribution in [0.5, 0.6) is 5.75 Å². The van der Waals surface area contributed by atoms with Gasteiger partial charge in [0.1, 0.15) is 11.6 Å². The molecule has 2 N–H and O–H groups in total. The van der Waals surface area contributed by atoms with Crippen molar-refractivity contribution >= 4 is 11.9 Å². The fourth-order valence-electron chi connectivity index (χ4n) is 1.46. The second kappa shape index (κ2) is 6.29. The molecule has 0 fully saturated rings. The third-order valence-corrected chi connectivity index (χ3v) is 2.56. The van der Waals surface area contributed by atoms with E-state index < -0.39 is 17.5 Å². The fourth-order valence-corrected chi connectivity index (χ4v) is 1.46. The molecule has 6 nitrogen and oxygen atoms in total. The second-order valence-electron chi connectivity index (χ2n) is 4.61. The smallest absolute Gasteiger partial charge is 0.264 e. The molecule has 0 spiro atoms. The lowest BCUT2D eigenvalue weighted by atomic mass is 10.2. The number of ether oxygens (including phenoxy) is 1. The molecule has 112 valence electrons. The molecule has 1 aromatic carbocycles. The largest absolute Gasteiger partial charge is 0.484 e. The minimum absolute atomic E-state index is 0.0573. The second-order valence-corrected chi connectivity index (χ2v) is 4.61. The number of aromatic nitrogens is 3. The number of anilines is 1. The van der Waals surface area contributed by atoms with Gasteiger partial charge < -0.3 is 4.74 Å². The van der Waals surface area contributed by atoms with Crippen LogP contribution in [0.2, 0.25) is 0 Å². The molecule has 0 radical (unpaired) electrons. The van der Waals surface area contributed by atoms with Crippen LogP contribution in [0.1, 0.15) is 25.6 Å². The Bertz CT molecular complexity index is 643. The summed E-state index contributed by atoms with van der Waals surface area (Å²) in [6.45, 7) is 3.49. The van der Waals surface area contributed by atoms with E-state index in [4.69, 9.17) is 4.74 Å². The Balaban J connectivity index is 1.88. The van der Waals surface area contributed by atoms with Gasteiger partial charge in [0.25, 0.3) is 5.91 Å². The van der Waals surface area contributed by atoms with Gasteiger partial charge in [0.2, 0.25) is 5.95 Å². The summed E-state index contributed by atoms with van der Waals surface area (Å²) in [5.74, 6) is -1.53. The van der Waals surface area contributed by atoms with Crippen LogP contribution in [0.15, 0.2) is 18.2 Å². The van der Waals surface area contributed by atoms with Crippen molar-refractivity contribution in [1.29, 1.82) is 0 Å². The maximum atomic E-state index is 12.9. The number of hydrogen-bond donors (Lipinski definition) is 2. The Morgan fingerprint density at radius 3 is 2.76 bits per heavy atom. The topological polar surface area (TPSA) is 79.9 Å². The van der Waals surface area contributed by atoms with Crippen molar-refractivity contribution in [2.45, 2.75) is 19.8 Å². The number of nitrogens with one attached hydrogen (secondary N) is 2. The standard InChI is InChI=1S/C13H14F2N4O2/c1-7(2)12-17-13(19-18-12)16-11(20)6-21-8-3-4-9(14)10(15)5-8/h3-5,7H,6H2,1-2H3,(H2,16,17,18,19,20). The molecule has 0 aliphatic rings. The first kappa shape index (κ1) is 14.9. The summed E-state index contributed by atoms with van der Waals surface area (Å²) in [6.07, 6.45) is 0. The van der Waals surface area contributed by atoms with E-state index >= 15 is 0 Å². The van der Waals surface area contributed by atoms with Gasteiger partial charge in [0.05, 0.1) is 0 Å². The molecule has 0 saturated heterocycles. The lowest BCUT2D eigenvalue weighted by Gasteiger charge is -2.05. The molecule has 0 atom stereocenters. The SMILES string of the molecule is CC(C)c1nc(NC(=O)COc2ccc(F)c(F)c2)n[nH]1. The highest BCUT2D eigenvalue weighted by Gasteiger charge is 2.11. The van der Waals surface area contributed by atoms with Crippen molar-refractivity contribution in [3.05, 3.63) is 35.7 Å². The van der Waals surface area contributed by atoms with Gasteiger partial charge in [0.15, 0.2) is 18.2 Å². The Hall–Kier alpha value is -2.51. The van der Waals surface area contributed by atoms with E-state index in [1.165, 1.54) is 6.07 Å². The average molecular weight is 296 g/mol. The van der Waals surface area contributed by atoms with Crippen LogP contribution < -0.4 is 10.1 Å². The lowest BCUT2D eigenvalue weighted by molar-refractivity contribution is -0.118. The minimum atomic E-state index is -1.04. The zero-order valence-electron chi connectivity index (χ0n) is 11.5. The van der Waals surface area contributed by atoms with E-state index in [1.54, 1.807) is 0 Å². The summed E-state index contributed by atoms with van der Waals surface area (Å²) < 4.78 is 30.7. The quantitative estimate of drug-likeness (QED) is 0.886. The number of rotatable bonds is 5. The highest BCUT2D eigenvalue weighted by molar-refractivity contribution is 5.90. The highest BCUT2D eigenvalue weighted by atomic mass is 19.2. The van der Waals surface area contributed by atoms with E-state index in [2.05, 4.69) is 20.5 Å². The molecule has 0 bridgehead atoms. The maximum Gasteiger partial charge on any atom is 0.264 e. The molecule has 2 rings (SSSR count). The Kier molecular flexibility index (Phi) is 4.46. The van der Waals surface area contributed by atoms with E-state index in [0.717, 1.165) is 12.1 Å². The Labute approximate surface area is 119 Å². The summed E-state index contributed by atoms with van der Waals surface area (Å²) in [5.41, 5.74) is 0. The Morgan fingerprint density at radius 2 is 2.14 bits per heavy atom. The number of carbonyl (C=O) groups is 1. The third-order valence-electron chi connectivity index (χ3n) is 2.56. The predicted octanol–water partition coefficient (Wildman–Crippen LogP) is 2.22. The van der Waals surface area contributed by atoms with Gasteiger partial charge in [-0.1, -0.05) is 13.8 Å². The predicted molar refractivity (Wildman–Crippen MR) is 71.0 cm³/mol. The van der Waals surface area contributed by atoms with Gasteiger partial charge in [-0.15, -0.1) is 5.10 Å². The van der Waals surface area contributed by atoms with Gasteiger partial charge >= 0.3 is 0 Å². The van der Waals surface area contributed by atoms with Crippen molar-refractivity contribution in [3.63, 3.8) is 0 Å². The summed E-state index contributed by atoms with van der Waals surface area (Å²) >= 11 is 0. The fraction of sp³-hybridized carbons (Fsp3) is 0.308. The molecule has 2 aromatic rings. The number of halogens is 2. The maximum absolute atomic E-state index is 12.9. The minimum Gasteiger partial charge on any atom is -0.484 e. The van der Waals surface area contributed by atoms with Crippen LogP contribution in [0.3, 0.4) is 0 Å². The molecule has 8 heteroatoms. The van der Waals surface area contributed by atoms with Gasteiger partial charge in [0, 0.05) is 12.0 Å². The monoisotopic (exact) mass is 296 g/mol. The molecule has 21 heavy (non-hydrogen) atoms. The number of carbonyl (C=O) groups excluding carboxylic acids is 1. The summed E-state index contributed by atoms with van der Waals surface area (Å²) in [7, 11) is 0. The third kappa shape index (κ3) is 3.98. The molecule has 1 heterocycles. The molecular weight excluding hydrogens is 282 g/mol. The molecule has 0 aliphatic carbocycles. The van der Waals surface area contributed by atoms with Gasteiger partial charge in [-0.25, -0.2) is 8.78 Å². The number of H-pyrrole nitrogens is 1.